The molecule has 2 heteroatoms. The van der Waals surface area contributed by atoms with Gasteiger partial charge in [0.15, 0.2) is 0 Å². The maximum Gasteiger partial charge on any atom is 0.0435 e. The summed E-state index contributed by atoms with van der Waals surface area (Å²) >= 11 is 5.97. The average Bonchev–Trinajstić information content (AvgIpc) is 2.23. The van der Waals surface area contributed by atoms with Gasteiger partial charge in [-0.3, -0.25) is 0 Å². The van der Waals surface area contributed by atoms with Gasteiger partial charge in [-0.25, -0.2) is 0 Å². The minimum atomic E-state index is 0.489. The number of rotatable bonds is 5. The molecule has 0 fully saturated rings. The molecule has 2 N–H and O–H groups in total. The van der Waals surface area contributed by atoms with Gasteiger partial charge in [0, 0.05) is 5.02 Å². The molecule has 0 saturated heterocycles. The first-order valence-corrected chi connectivity index (χ1v) is 5.61. The van der Waals surface area contributed by atoms with Crippen LogP contribution in [-0.4, -0.2) is 6.54 Å². The van der Waals surface area contributed by atoms with E-state index in [1.54, 1.807) is 0 Å². The van der Waals surface area contributed by atoms with Crippen LogP contribution in [0.3, 0.4) is 0 Å². The van der Waals surface area contributed by atoms with Crippen LogP contribution in [0.15, 0.2) is 30.9 Å². The van der Waals surface area contributed by atoms with Gasteiger partial charge in [0.1, 0.15) is 0 Å². The topological polar surface area (TPSA) is 26.0 Å². The predicted molar refractivity (Wildman–Crippen MR) is 67.3 cm³/mol. The van der Waals surface area contributed by atoms with Crippen LogP contribution >= 0.6 is 11.6 Å². The molecule has 0 aliphatic carbocycles. The van der Waals surface area contributed by atoms with E-state index in [1.807, 2.05) is 19.1 Å². The zero-order chi connectivity index (χ0) is 11.3. The molecule has 15 heavy (non-hydrogen) atoms. The summed E-state index contributed by atoms with van der Waals surface area (Å²) in [6.07, 6.45) is 3.90. The van der Waals surface area contributed by atoms with E-state index in [1.165, 1.54) is 5.56 Å². The van der Waals surface area contributed by atoms with Crippen molar-refractivity contribution in [1.82, 2.24) is 0 Å². The molecular weight excluding hydrogens is 206 g/mol. The third-order valence-electron chi connectivity index (χ3n) is 2.58. The van der Waals surface area contributed by atoms with Crippen molar-refractivity contribution in [1.29, 1.82) is 0 Å². The molecule has 82 valence electrons. The van der Waals surface area contributed by atoms with E-state index in [0.29, 0.717) is 12.5 Å². The summed E-state index contributed by atoms with van der Waals surface area (Å²) in [6.45, 7) is 6.47. The molecule has 1 aromatic rings. The second-order valence-corrected chi connectivity index (χ2v) is 4.32. The van der Waals surface area contributed by atoms with E-state index >= 15 is 0 Å². The van der Waals surface area contributed by atoms with Crippen molar-refractivity contribution in [3.8, 4) is 0 Å². The van der Waals surface area contributed by atoms with Crippen molar-refractivity contribution in [3.63, 3.8) is 0 Å². The van der Waals surface area contributed by atoms with E-state index < -0.39 is 0 Å². The fraction of sp³-hybridized carbons (Fsp3) is 0.385. The van der Waals surface area contributed by atoms with E-state index in [2.05, 4.69) is 18.7 Å². The normalized spacial score (nSPS) is 12.5. The summed E-state index contributed by atoms with van der Waals surface area (Å²) in [5.74, 6) is 0.489. The Bertz CT molecular complexity index is 333. The minimum absolute atomic E-state index is 0.489. The number of nitrogens with two attached hydrogens (primary N) is 1. The first-order valence-electron chi connectivity index (χ1n) is 5.23. The van der Waals surface area contributed by atoms with Gasteiger partial charge in [0.05, 0.1) is 0 Å². The van der Waals surface area contributed by atoms with Gasteiger partial charge in [-0.15, -0.1) is 6.58 Å². The lowest BCUT2D eigenvalue weighted by Crippen LogP contribution is -2.16. The van der Waals surface area contributed by atoms with Crippen LogP contribution in [0.2, 0.25) is 5.02 Å². The van der Waals surface area contributed by atoms with Crippen molar-refractivity contribution < 1.29 is 0 Å². The molecule has 1 atom stereocenters. The van der Waals surface area contributed by atoms with Gasteiger partial charge >= 0.3 is 0 Å². The molecule has 1 aromatic carbocycles. The number of hydrogen-bond acceptors (Lipinski definition) is 1. The fourth-order valence-electron chi connectivity index (χ4n) is 1.67. The highest BCUT2D eigenvalue weighted by Crippen LogP contribution is 2.19. The Morgan fingerprint density at radius 1 is 1.53 bits per heavy atom. The predicted octanol–water partition coefficient (Wildman–Crippen LogP) is 3.34. The Labute approximate surface area is 96.9 Å². The standard InChI is InChI=1S/C13H18ClN/c1-3-4-12(9-15)8-11-5-6-13(14)10(2)7-11/h3,5-7,12H,1,4,8-9,15H2,2H3. The van der Waals surface area contributed by atoms with Crippen molar-refractivity contribution in [2.24, 2.45) is 11.7 Å². The molecule has 1 rings (SSSR count). The van der Waals surface area contributed by atoms with E-state index in [0.717, 1.165) is 23.4 Å². The Morgan fingerprint density at radius 3 is 2.80 bits per heavy atom. The zero-order valence-electron chi connectivity index (χ0n) is 9.17. The first kappa shape index (κ1) is 12.3. The Balaban J connectivity index is 2.70. The minimum Gasteiger partial charge on any atom is -0.330 e. The highest BCUT2D eigenvalue weighted by atomic mass is 35.5. The van der Waals surface area contributed by atoms with E-state index in [9.17, 15) is 0 Å². The smallest absolute Gasteiger partial charge is 0.0435 e. The van der Waals surface area contributed by atoms with Crippen LogP contribution in [0.5, 0.6) is 0 Å². The molecule has 1 unspecified atom stereocenters. The molecule has 0 saturated carbocycles. The summed E-state index contributed by atoms with van der Waals surface area (Å²) in [5.41, 5.74) is 8.13. The molecule has 0 spiro atoms. The lowest BCUT2D eigenvalue weighted by molar-refractivity contribution is 0.544. The number of benzene rings is 1. The van der Waals surface area contributed by atoms with Gasteiger partial charge < -0.3 is 5.73 Å². The summed E-state index contributed by atoms with van der Waals surface area (Å²) in [4.78, 5) is 0. The van der Waals surface area contributed by atoms with Gasteiger partial charge in [0.2, 0.25) is 0 Å². The largest absolute Gasteiger partial charge is 0.330 e. The van der Waals surface area contributed by atoms with E-state index in [-0.39, 0.29) is 0 Å². The molecular formula is C13H18ClN. The summed E-state index contributed by atoms with van der Waals surface area (Å²) in [5, 5.41) is 0.826. The first-order chi connectivity index (χ1) is 7.17. The summed E-state index contributed by atoms with van der Waals surface area (Å²) < 4.78 is 0. The lowest BCUT2D eigenvalue weighted by atomic mass is 9.95. The molecule has 0 bridgehead atoms. The number of aryl methyl sites for hydroxylation is 1. The van der Waals surface area contributed by atoms with Crippen LogP contribution in [0.25, 0.3) is 0 Å². The molecule has 0 amide bonds. The average molecular weight is 224 g/mol. The van der Waals surface area contributed by atoms with Crippen LogP contribution in [0.4, 0.5) is 0 Å². The van der Waals surface area contributed by atoms with Crippen LogP contribution in [-0.2, 0) is 6.42 Å². The van der Waals surface area contributed by atoms with Crippen LogP contribution < -0.4 is 5.73 Å². The highest BCUT2D eigenvalue weighted by Gasteiger charge is 2.06. The quantitative estimate of drug-likeness (QED) is 0.762. The molecule has 0 aromatic heterocycles. The van der Waals surface area contributed by atoms with Gasteiger partial charge in [0.25, 0.3) is 0 Å². The molecule has 0 radical (unpaired) electrons. The zero-order valence-corrected chi connectivity index (χ0v) is 9.93. The fourth-order valence-corrected chi connectivity index (χ4v) is 1.78. The van der Waals surface area contributed by atoms with Crippen molar-refractivity contribution in [2.75, 3.05) is 6.54 Å². The molecule has 0 aliphatic heterocycles. The van der Waals surface area contributed by atoms with Gasteiger partial charge in [-0.2, -0.15) is 0 Å². The van der Waals surface area contributed by atoms with Gasteiger partial charge in [-0.1, -0.05) is 29.8 Å². The van der Waals surface area contributed by atoms with Crippen LogP contribution in [0.1, 0.15) is 17.5 Å². The Hall–Kier alpha value is -0.790. The third-order valence-corrected chi connectivity index (χ3v) is 3.00. The van der Waals surface area contributed by atoms with Crippen molar-refractivity contribution in [2.45, 2.75) is 19.8 Å². The van der Waals surface area contributed by atoms with Gasteiger partial charge in [-0.05, 0) is 49.4 Å². The molecule has 0 aliphatic rings. The molecule has 1 nitrogen and oxygen atoms in total. The summed E-state index contributed by atoms with van der Waals surface area (Å²) in [7, 11) is 0. The molecule has 0 heterocycles. The van der Waals surface area contributed by atoms with Crippen molar-refractivity contribution >= 4 is 11.6 Å². The number of allylic oxidation sites excluding steroid dienone is 1. The number of halogens is 1. The SMILES string of the molecule is C=CCC(CN)Cc1ccc(Cl)c(C)c1. The maximum atomic E-state index is 5.97. The third kappa shape index (κ3) is 3.69. The maximum absolute atomic E-state index is 5.97. The second kappa shape index (κ2) is 5.94. The van der Waals surface area contributed by atoms with Crippen molar-refractivity contribution in [3.05, 3.63) is 47.0 Å². The van der Waals surface area contributed by atoms with E-state index in [4.69, 9.17) is 17.3 Å². The lowest BCUT2D eigenvalue weighted by Gasteiger charge is -2.13. The monoisotopic (exact) mass is 223 g/mol. The second-order valence-electron chi connectivity index (χ2n) is 3.91. The Morgan fingerprint density at radius 2 is 2.27 bits per heavy atom. The van der Waals surface area contributed by atoms with Crippen LogP contribution in [0, 0.1) is 12.8 Å². The summed E-state index contributed by atoms with van der Waals surface area (Å²) in [6, 6.07) is 6.16. The Kier molecular flexibility index (Phi) is 4.86. The number of hydrogen-bond donors (Lipinski definition) is 1. The highest BCUT2D eigenvalue weighted by molar-refractivity contribution is 6.31.